The van der Waals surface area contributed by atoms with Gasteiger partial charge in [-0.3, -0.25) is 4.79 Å². The molecule has 22 heavy (non-hydrogen) atoms. The predicted octanol–water partition coefficient (Wildman–Crippen LogP) is 2.28. The molecule has 1 aliphatic heterocycles. The SMILES string of the molecule is C[C@H]1CNCCN1C(=O)Cc1coc2cc3c(cc12)CCC3. The minimum Gasteiger partial charge on any atom is -0.464 e. The maximum atomic E-state index is 12.6. The quantitative estimate of drug-likeness (QED) is 0.925. The van der Waals surface area contributed by atoms with Crippen LogP contribution >= 0.6 is 0 Å². The highest BCUT2D eigenvalue weighted by atomic mass is 16.3. The van der Waals surface area contributed by atoms with Gasteiger partial charge in [0.05, 0.1) is 12.7 Å². The Balaban J connectivity index is 1.60. The number of furan rings is 1. The van der Waals surface area contributed by atoms with E-state index in [0.717, 1.165) is 49.0 Å². The number of nitrogens with zero attached hydrogens (tertiary/aromatic N) is 1. The third kappa shape index (κ3) is 2.31. The summed E-state index contributed by atoms with van der Waals surface area (Å²) in [6.07, 6.45) is 5.74. The van der Waals surface area contributed by atoms with Crippen molar-refractivity contribution in [2.45, 2.75) is 38.6 Å². The molecule has 1 aliphatic carbocycles. The molecule has 1 aromatic carbocycles. The van der Waals surface area contributed by atoms with Gasteiger partial charge in [0.2, 0.25) is 5.91 Å². The maximum Gasteiger partial charge on any atom is 0.227 e. The molecule has 1 atom stereocenters. The zero-order chi connectivity index (χ0) is 15.1. The van der Waals surface area contributed by atoms with Crippen molar-refractivity contribution in [1.29, 1.82) is 0 Å². The Bertz CT molecular complexity index is 719. The summed E-state index contributed by atoms with van der Waals surface area (Å²) < 4.78 is 5.71. The Morgan fingerprint density at radius 3 is 3.00 bits per heavy atom. The van der Waals surface area contributed by atoms with Crippen LogP contribution in [-0.4, -0.2) is 36.5 Å². The molecule has 1 fully saturated rings. The molecule has 4 nitrogen and oxygen atoms in total. The second-order valence-electron chi connectivity index (χ2n) is 6.55. The van der Waals surface area contributed by atoms with E-state index in [-0.39, 0.29) is 11.9 Å². The third-order valence-electron chi connectivity index (χ3n) is 5.03. The number of benzene rings is 1. The summed E-state index contributed by atoms with van der Waals surface area (Å²) in [5.41, 5.74) is 4.80. The third-order valence-corrected chi connectivity index (χ3v) is 5.03. The molecule has 0 spiro atoms. The number of nitrogens with one attached hydrogen (secondary N) is 1. The van der Waals surface area contributed by atoms with E-state index >= 15 is 0 Å². The monoisotopic (exact) mass is 298 g/mol. The first kappa shape index (κ1) is 13.8. The van der Waals surface area contributed by atoms with E-state index in [4.69, 9.17) is 4.42 Å². The van der Waals surface area contributed by atoms with E-state index < -0.39 is 0 Å². The van der Waals surface area contributed by atoms with Gasteiger partial charge in [0.25, 0.3) is 0 Å². The molecule has 2 heterocycles. The zero-order valence-corrected chi connectivity index (χ0v) is 13.0. The molecular formula is C18H22N2O2. The van der Waals surface area contributed by atoms with Crippen LogP contribution in [0.15, 0.2) is 22.8 Å². The van der Waals surface area contributed by atoms with Crippen LogP contribution in [-0.2, 0) is 24.1 Å². The fourth-order valence-corrected chi connectivity index (χ4v) is 3.76. The summed E-state index contributed by atoms with van der Waals surface area (Å²) in [5, 5.41) is 4.45. The van der Waals surface area contributed by atoms with Crippen molar-refractivity contribution >= 4 is 16.9 Å². The fourth-order valence-electron chi connectivity index (χ4n) is 3.76. The highest BCUT2D eigenvalue weighted by Gasteiger charge is 2.24. The first-order valence-corrected chi connectivity index (χ1v) is 8.24. The molecule has 2 aromatic rings. The average Bonchev–Trinajstić information content (AvgIpc) is 3.12. The van der Waals surface area contributed by atoms with E-state index in [9.17, 15) is 4.79 Å². The lowest BCUT2D eigenvalue weighted by Gasteiger charge is -2.34. The van der Waals surface area contributed by atoms with Gasteiger partial charge in [0.15, 0.2) is 0 Å². The van der Waals surface area contributed by atoms with Gasteiger partial charge in [-0.25, -0.2) is 0 Å². The number of carbonyl (C=O) groups excluding carboxylic acids is 1. The number of piperazine rings is 1. The van der Waals surface area contributed by atoms with Crippen molar-refractivity contribution in [1.82, 2.24) is 10.2 Å². The Hall–Kier alpha value is -1.81. The van der Waals surface area contributed by atoms with E-state index in [1.807, 2.05) is 4.90 Å². The molecule has 1 N–H and O–H groups in total. The van der Waals surface area contributed by atoms with Gasteiger partial charge in [-0.2, -0.15) is 0 Å². The number of hydrogen-bond donors (Lipinski definition) is 1. The van der Waals surface area contributed by atoms with Crippen LogP contribution in [0.3, 0.4) is 0 Å². The van der Waals surface area contributed by atoms with Crippen LogP contribution in [0.25, 0.3) is 11.0 Å². The minimum atomic E-state index is 0.206. The van der Waals surface area contributed by atoms with Crippen molar-refractivity contribution in [3.8, 4) is 0 Å². The molecule has 2 aliphatic rings. The molecule has 116 valence electrons. The van der Waals surface area contributed by atoms with Gasteiger partial charge in [0.1, 0.15) is 5.58 Å². The highest BCUT2D eigenvalue weighted by Crippen LogP contribution is 2.30. The molecule has 4 heteroatoms. The van der Waals surface area contributed by atoms with E-state index in [1.54, 1.807) is 6.26 Å². The summed E-state index contributed by atoms with van der Waals surface area (Å²) in [4.78, 5) is 14.6. The normalized spacial score (nSPS) is 21.3. The average molecular weight is 298 g/mol. The van der Waals surface area contributed by atoms with Crippen LogP contribution in [0.4, 0.5) is 0 Å². The summed E-state index contributed by atoms with van der Waals surface area (Å²) in [6, 6.07) is 4.67. The number of fused-ring (bicyclic) bond motifs is 2. The molecular weight excluding hydrogens is 276 g/mol. The van der Waals surface area contributed by atoms with Crippen molar-refractivity contribution in [2.24, 2.45) is 0 Å². The summed E-state index contributed by atoms with van der Waals surface area (Å²) >= 11 is 0. The summed E-state index contributed by atoms with van der Waals surface area (Å²) in [7, 11) is 0. The number of carbonyl (C=O) groups is 1. The lowest BCUT2D eigenvalue weighted by molar-refractivity contribution is -0.133. The van der Waals surface area contributed by atoms with Crippen LogP contribution < -0.4 is 5.32 Å². The molecule has 1 amide bonds. The van der Waals surface area contributed by atoms with Gasteiger partial charge in [-0.1, -0.05) is 0 Å². The fraction of sp³-hybridized carbons (Fsp3) is 0.500. The molecule has 4 rings (SSSR count). The number of aryl methyl sites for hydroxylation is 2. The number of hydrogen-bond acceptors (Lipinski definition) is 3. The van der Waals surface area contributed by atoms with Gasteiger partial charge in [0, 0.05) is 36.6 Å². The first-order chi connectivity index (χ1) is 10.7. The molecule has 0 radical (unpaired) electrons. The van der Waals surface area contributed by atoms with Gasteiger partial charge < -0.3 is 14.6 Å². The van der Waals surface area contributed by atoms with Crippen LogP contribution in [0.2, 0.25) is 0 Å². The second kappa shape index (κ2) is 5.43. The summed E-state index contributed by atoms with van der Waals surface area (Å²) in [6.45, 7) is 4.66. The summed E-state index contributed by atoms with van der Waals surface area (Å²) in [5.74, 6) is 0.206. The number of rotatable bonds is 2. The topological polar surface area (TPSA) is 45.5 Å². The Morgan fingerprint density at radius 2 is 2.18 bits per heavy atom. The largest absolute Gasteiger partial charge is 0.464 e. The smallest absolute Gasteiger partial charge is 0.227 e. The number of amides is 1. The van der Waals surface area contributed by atoms with Crippen molar-refractivity contribution < 1.29 is 9.21 Å². The first-order valence-electron chi connectivity index (χ1n) is 8.24. The maximum absolute atomic E-state index is 12.6. The Labute approximate surface area is 130 Å². The van der Waals surface area contributed by atoms with E-state index in [2.05, 4.69) is 24.4 Å². The molecule has 0 bridgehead atoms. The molecule has 0 saturated carbocycles. The highest BCUT2D eigenvalue weighted by molar-refractivity contribution is 5.88. The van der Waals surface area contributed by atoms with Crippen LogP contribution in [0.5, 0.6) is 0 Å². The zero-order valence-electron chi connectivity index (χ0n) is 13.0. The lowest BCUT2D eigenvalue weighted by Crippen LogP contribution is -2.52. The van der Waals surface area contributed by atoms with Crippen molar-refractivity contribution in [2.75, 3.05) is 19.6 Å². The van der Waals surface area contributed by atoms with Crippen LogP contribution in [0.1, 0.15) is 30.0 Å². The van der Waals surface area contributed by atoms with E-state index in [1.165, 1.54) is 17.5 Å². The van der Waals surface area contributed by atoms with Crippen molar-refractivity contribution in [3.63, 3.8) is 0 Å². The predicted molar refractivity (Wildman–Crippen MR) is 86.0 cm³/mol. The van der Waals surface area contributed by atoms with E-state index in [0.29, 0.717) is 6.42 Å². The van der Waals surface area contributed by atoms with Crippen molar-refractivity contribution in [3.05, 3.63) is 35.1 Å². The molecule has 0 unspecified atom stereocenters. The van der Waals surface area contributed by atoms with Gasteiger partial charge >= 0.3 is 0 Å². The van der Waals surface area contributed by atoms with Crippen LogP contribution in [0, 0.1) is 0 Å². The molecule has 1 saturated heterocycles. The Morgan fingerprint density at radius 1 is 1.36 bits per heavy atom. The van der Waals surface area contributed by atoms with Gasteiger partial charge in [-0.05, 0) is 49.4 Å². The molecule has 1 aromatic heterocycles. The Kier molecular flexibility index (Phi) is 3.41. The standard InChI is InChI=1S/C18H22N2O2/c1-12-10-19-5-6-20(12)18(21)9-15-11-22-17-8-14-4-2-3-13(14)7-16(15)17/h7-8,11-12,19H,2-6,9-10H2,1H3/t12-/m0/s1. The second-order valence-corrected chi connectivity index (χ2v) is 6.55. The minimum absolute atomic E-state index is 0.206. The lowest BCUT2D eigenvalue weighted by atomic mass is 10.0. The van der Waals surface area contributed by atoms with Gasteiger partial charge in [-0.15, -0.1) is 0 Å².